The molecule has 2 rings (SSSR count). The van der Waals surface area contributed by atoms with Crippen molar-refractivity contribution in [3.05, 3.63) is 23.8 Å². The minimum Gasteiger partial charge on any atom is -0.493 e. The van der Waals surface area contributed by atoms with Crippen molar-refractivity contribution in [3.63, 3.8) is 0 Å². The van der Waals surface area contributed by atoms with Crippen LogP contribution in [0.4, 0.5) is 0 Å². The zero-order valence-electron chi connectivity index (χ0n) is 13.5. The van der Waals surface area contributed by atoms with Crippen LogP contribution in [0.15, 0.2) is 18.2 Å². The Kier molecular flexibility index (Phi) is 5.48. The number of benzene rings is 1. The molecule has 0 atom stereocenters. The number of sulfonamides is 1. The highest BCUT2D eigenvalue weighted by atomic mass is 32.2. The molecule has 0 radical (unpaired) electrons. The van der Waals surface area contributed by atoms with Crippen LogP contribution in [0.5, 0.6) is 11.5 Å². The van der Waals surface area contributed by atoms with Gasteiger partial charge >= 0.3 is 0 Å². The Hall–Kier alpha value is -1.80. The molecule has 0 aromatic heterocycles. The first-order chi connectivity index (χ1) is 10.8. The lowest BCUT2D eigenvalue weighted by molar-refractivity contribution is 0.0711. The Labute approximate surface area is 136 Å². The lowest BCUT2D eigenvalue weighted by atomic mass is 10.0. The molecule has 1 N–H and O–H groups in total. The van der Waals surface area contributed by atoms with Crippen LogP contribution in [0.25, 0.3) is 0 Å². The van der Waals surface area contributed by atoms with Crippen molar-refractivity contribution in [1.82, 2.24) is 9.62 Å². The Morgan fingerprint density at radius 1 is 1.17 bits per heavy atom. The summed E-state index contributed by atoms with van der Waals surface area (Å²) in [4.78, 5) is 14.3. The number of carbonyl (C=O) groups is 1. The third kappa shape index (κ3) is 4.59. The number of hydrogen-bond donors (Lipinski definition) is 1. The highest BCUT2D eigenvalue weighted by molar-refractivity contribution is 7.88. The molecule has 1 aliphatic heterocycles. The van der Waals surface area contributed by atoms with Crippen LogP contribution in [0, 0.1) is 0 Å². The maximum atomic E-state index is 12.6. The molecule has 1 heterocycles. The molecule has 0 unspecified atom stereocenters. The van der Waals surface area contributed by atoms with Gasteiger partial charge in [-0.2, -0.15) is 0 Å². The summed E-state index contributed by atoms with van der Waals surface area (Å²) in [5, 5.41) is 0. The van der Waals surface area contributed by atoms with Gasteiger partial charge in [0.2, 0.25) is 10.0 Å². The van der Waals surface area contributed by atoms with Gasteiger partial charge in [-0.15, -0.1) is 0 Å². The molecule has 1 saturated heterocycles. The number of rotatable bonds is 5. The van der Waals surface area contributed by atoms with Gasteiger partial charge in [0.1, 0.15) is 0 Å². The van der Waals surface area contributed by atoms with E-state index in [0.29, 0.717) is 43.0 Å². The van der Waals surface area contributed by atoms with Gasteiger partial charge in [0, 0.05) is 24.7 Å². The fourth-order valence-electron chi connectivity index (χ4n) is 2.66. The Morgan fingerprint density at radius 3 is 2.30 bits per heavy atom. The molecule has 1 aromatic carbocycles. The zero-order chi connectivity index (χ0) is 17.0. The van der Waals surface area contributed by atoms with Gasteiger partial charge in [0.25, 0.3) is 5.91 Å². The summed E-state index contributed by atoms with van der Waals surface area (Å²) in [5.41, 5.74) is 0.525. The van der Waals surface area contributed by atoms with Gasteiger partial charge in [-0.25, -0.2) is 13.1 Å². The average Bonchev–Trinajstić information content (AvgIpc) is 2.52. The minimum atomic E-state index is -3.21. The third-order valence-corrected chi connectivity index (χ3v) is 4.55. The van der Waals surface area contributed by atoms with Crippen LogP contribution >= 0.6 is 0 Å². The molecule has 0 bridgehead atoms. The Morgan fingerprint density at radius 2 is 1.78 bits per heavy atom. The highest BCUT2D eigenvalue weighted by Crippen LogP contribution is 2.28. The molecule has 0 saturated carbocycles. The number of piperidine rings is 1. The van der Waals surface area contributed by atoms with Crippen LogP contribution in [0.3, 0.4) is 0 Å². The van der Waals surface area contributed by atoms with Crippen molar-refractivity contribution < 1.29 is 22.7 Å². The summed E-state index contributed by atoms with van der Waals surface area (Å²) in [6.07, 6.45) is 2.35. The molecule has 1 amide bonds. The number of amides is 1. The minimum absolute atomic E-state index is 0.0937. The van der Waals surface area contributed by atoms with Crippen molar-refractivity contribution in [1.29, 1.82) is 0 Å². The number of nitrogens with zero attached hydrogens (tertiary/aromatic N) is 1. The van der Waals surface area contributed by atoms with Gasteiger partial charge in [-0.05, 0) is 31.0 Å². The molecule has 8 heteroatoms. The summed E-state index contributed by atoms with van der Waals surface area (Å²) in [5.74, 6) is 0.982. The van der Waals surface area contributed by atoms with E-state index in [1.807, 2.05) is 0 Å². The van der Waals surface area contributed by atoms with E-state index in [1.54, 1.807) is 30.2 Å². The molecule has 128 valence electrons. The lowest BCUT2D eigenvalue weighted by Crippen LogP contribution is -2.46. The molecule has 1 fully saturated rings. The maximum Gasteiger partial charge on any atom is 0.253 e. The Balaban J connectivity index is 2.02. The number of hydrogen-bond acceptors (Lipinski definition) is 5. The zero-order valence-corrected chi connectivity index (χ0v) is 14.4. The van der Waals surface area contributed by atoms with E-state index < -0.39 is 10.0 Å². The van der Waals surface area contributed by atoms with Gasteiger partial charge in [0.05, 0.1) is 20.5 Å². The summed E-state index contributed by atoms with van der Waals surface area (Å²) < 4.78 is 35.5. The number of methoxy groups -OCH3 is 2. The van der Waals surface area contributed by atoms with Crippen molar-refractivity contribution in [2.75, 3.05) is 33.6 Å². The molecule has 0 spiro atoms. The van der Waals surface area contributed by atoms with E-state index in [0.717, 1.165) is 6.26 Å². The Bertz CT molecular complexity index is 666. The first-order valence-corrected chi connectivity index (χ1v) is 9.22. The fourth-order valence-corrected chi connectivity index (χ4v) is 3.50. The summed E-state index contributed by atoms with van der Waals surface area (Å²) in [7, 11) is -0.151. The second-order valence-corrected chi connectivity index (χ2v) is 7.31. The predicted octanol–water partition coefficient (Wildman–Crippen LogP) is 0.858. The lowest BCUT2D eigenvalue weighted by Gasteiger charge is -2.32. The quantitative estimate of drug-likeness (QED) is 0.858. The van der Waals surface area contributed by atoms with Gasteiger partial charge in [-0.1, -0.05) is 0 Å². The molecular weight excluding hydrogens is 320 g/mol. The molecule has 1 aliphatic rings. The smallest absolute Gasteiger partial charge is 0.253 e. The molecular formula is C15H22N2O5S. The van der Waals surface area contributed by atoms with E-state index in [9.17, 15) is 13.2 Å². The van der Waals surface area contributed by atoms with E-state index >= 15 is 0 Å². The monoisotopic (exact) mass is 342 g/mol. The van der Waals surface area contributed by atoms with Crippen molar-refractivity contribution in [3.8, 4) is 11.5 Å². The van der Waals surface area contributed by atoms with Crippen molar-refractivity contribution in [2.24, 2.45) is 0 Å². The van der Waals surface area contributed by atoms with E-state index in [1.165, 1.54) is 7.11 Å². The molecule has 1 aromatic rings. The van der Waals surface area contributed by atoms with Crippen LogP contribution in [-0.2, 0) is 10.0 Å². The number of likely N-dealkylation sites (tertiary alicyclic amines) is 1. The normalized spacial score (nSPS) is 16.2. The van der Waals surface area contributed by atoms with Crippen molar-refractivity contribution >= 4 is 15.9 Å². The standard InChI is InChI=1S/C15H22N2O5S/c1-21-13-5-4-11(10-14(13)22-2)15(18)17-8-6-12(7-9-17)16-23(3,19)20/h4-5,10,12,16H,6-9H2,1-3H3. The molecule has 7 nitrogen and oxygen atoms in total. The summed E-state index contributed by atoms with van der Waals surface area (Å²) in [6, 6.07) is 4.94. The average molecular weight is 342 g/mol. The van der Waals surface area contributed by atoms with E-state index in [-0.39, 0.29) is 11.9 Å². The summed E-state index contributed by atoms with van der Waals surface area (Å²) in [6.45, 7) is 1.03. The fraction of sp³-hybridized carbons (Fsp3) is 0.533. The third-order valence-electron chi connectivity index (χ3n) is 3.79. The second kappa shape index (κ2) is 7.18. The number of ether oxygens (including phenoxy) is 2. The molecule has 23 heavy (non-hydrogen) atoms. The number of nitrogens with one attached hydrogen (secondary N) is 1. The largest absolute Gasteiger partial charge is 0.493 e. The van der Waals surface area contributed by atoms with Gasteiger partial charge in [0.15, 0.2) is 11.5 Å². The first-order valence-electron chi connectivity index (χ1n) is 7.32. The van der Waals surface area contributed by atoms with Crippen LogP contribution in [0.2, 0.25) is 0 Å². The number of carbonyl (C=O) groups excluding carboxylic acids is 1. The SMILES string of the molecule is COc1ccc(C(=O)N2CCC(NS(C)(=O)=O)CC2)cc1OC. The van der Waals surface area contributed by atoms with Gasteiger partial charge < -0.3 is 14.4 Å². The van der Waals surface area contributed by atoms with E-state index in [2.05, 4.69) is 4.72 Å². The molecule has 0 aliphatic carbocycles. The van der Waals surface area contributed by atoms with Crippen LogP contribution < -0.4 is 14.2 Å². The topological polar surface area (TPSA) is 84.9 Å². The van der Waals surface area contributed by atoms with Crippen LogP contribution in [-0.4, -0.2) is 58.8 Å². The van der Waals surface area contributed by atoms with E-state index in [4.69, 9.17) is 9.47 Å². The van der Waals surface area contributed by atoms with Crippen molar-refractivity contribution in [2.45, 2.75) is 18.9 Å². The van der Waals surface area contributed by atoms with Crippen LogP contribution in [0.1, 0.15) is 23.2 Å². The first kappa shape index (κ1) is 17.6. The highest BCUT2D eigenvalue weighted by Gasteiger charge is 2.25. The second-order valence-electron chi connectivity index (χ2n) is 5.53. The summed E-state index contributed by atoms with van der Waals surface area (Å²) >= 11 is 0. The van der Waals surface area contributed by atoms with Gasteiger partial charge in [-0.3, -0.25) is 4.79 Å². The predicted molar refractivity (Wildman–Crippen MR) is 86.5 cm³/mol. The maximum absolute atomic E-state index is 12.6.